The van der Waals surface area contributed by atoms with Crippen molar-refractivity contribution >= 4 is 23.3 Å². The van der Waals surface area contributed by atoms with Crippen molar-refractivity contribution in [3.8, 4) is 0 Å². The van der Waals surface area contributed by atoms with Crippen molar-refractivity contribution in [2.24, 2.45) is 12.8 Å². The minimum Gasteiger partial charge on any atom is -0.350 e. The molecule has 0 saturated heterocycles. The molecule has 16 heavy (non-hydrogen) atoms. The number of aromatic nitrogens is 1. The van der Waals surface area contributed by atoms with Crippen LogP contribution in [0.3, 0.4) is 0 Å². The molecule has 0 aliphatic rings. The molecular formula is C13H19ClN2. The van der Waals surface area contributed by atoms with E-state index in [-0.39, 0.29) is 18.4 Å². The second-order valence-electron chi connectivity index (χ2n) is 4.47. The number of halogens is 1. The molecule has 0 saturated carbocycles. The Hall–Kier alpha value is -0.990. The Kier molecular flexibility index (Phi) is 4.00. The maximum atomic E-state index is 5.85. The highest BCUT2D eigenvalue weighted by atomic mass is 35.5. The summed E-state index contributed by atoms with van der Waals surface area (Å²) in [6.45, 7) is 4.18. The lowest BCUT2D eigenvalue weighted by Gasteiger charge is -2.03. The van der Waals surface area contributed by atoms with Gasteiger partial charge in [-0.2, -0.15) is 0 Å². The maximum Gasteiger partial charge on any atom is 0.0480 e. The van der Waals surface area contributed by atoms with Crippen LogP contribution in [0.15, 0.2) is 24.4 Å². The quantitative estimate of drug-likeness (QED) is 0.857. The summed E-state index contributed by atoms with van der Waals surface area (Å²) in [5, 5.41) is 1.34. The lowest BCUT2D eigenvalue weighted by atomic mass is 10.1. The molecule has 0 radical (unpaired) electrons. The third kappa shape index (κ3) is 2.39. The molecule has 1 unspecified atom stereocenters. The van der Waals surface area contributed by atoms with Crippen molar-refractivity contribution in [2.45, 2.75) is 26.3 Å². The molecule has 0 bridgehead atoms. The van der Waals surface area contributed by atoms with Gasteiger partial charge in [0.05, 0.1) is 0 Å². The number of benzene rings is 1. The lowest BCUT2D eigenvalue weighted by molar-refractivity contribution is 0.738. The minimum absolute atomic E-state index is 0. The third-order valence-electron chi connectivity index (χ3n) is 2.77. The van der Waals surface area contributed by atoms with E-state index in [9.17, 15) is 0 Å². The Morgan fingerprint density at radius 1 is 1.38 bits per heavy atom. The molecule has 2 rings (SSSR count). The van der Waals surface area contributed by atoms with Crippen LogP contribution in [0.4, 0.5) is 0 Å². The standard InChI is InChI=1S/C13H18N2.ClH/c1-9-4-5-13-12(6-9)11(7-10(2)14)8-15(13)3;/h4-6,8,10H,7,14H2,1-3H3;1H. The summed E-state index contributed by atoms with van der Waals surface area (Å²) < 4.78 is 2.17. The van der Waals surface area contributed by atoms with Crippen LogP contribution in [-0.2, 0) is 13.5 Å². The predicted molar refractivity (Wildman–Crippen MR) is 72.3 cm³/mol. The number of hydrogen-bond acceptors (Lipinski definition) is 1. The molecule has 1 heterocycles. The fourth-order valence-electron chi connectivity index (χ4n) is 2.10. The van der Waals surface area contributed by atoms with Crippen molar-refractivity contribution in [3.05, 3.63) is 35.5 Å². The number of nitrogens with two attached hydrogens (primary N) is 1. The zero-order chi connectivity index (χ0) is 11.0. The van der Waals surface area contributed by atoms with E-state index in [1.54, 1.807) is 0 Å². The molecule has 3 heteroatoms. The highest BCUT2D eigenvalue weighted by molar-refractivity contribution is 5.85. The number of rotatable bonds is 2. The van der Waals surface area contributed by atoms with Gasteiger partial charge in [0.25, 0.3) is 0 Å². The zero-order valence-corrected chi connectivity index (χ0v) is 10.8. The van der Waals surface area contributed by atoms with Crippen molar-refractivity contribution in [2.75, 3.05) is 0 Å². The molecule has 88 valence electrons. The SMILES string of the molecule is Cc1ccc2c(c1)c(CC(C)N)cn2C.Cl. The molecule has 2 aromatic rings. The van der Waals surface area contributed by atoms with Crippen LogP contribution in [0.2, 0.25) is 0 Å². The fraction of sp³-hybridized carbons (Fsp3) is 0.385. The van der Waals surface area contributed by atoms with E-state index in [1.807, 2.05) is 0 Å². The van der Waals surface area contributed by atoms with Gasteiger partial charge < -0.3 is 10.3 Å². The number of nitrogens with zero attached hydrogens (tertiary/aromatic N) is 1. The van der Waals surface area contributed by atoms with Gasteiger partial charge in [-0.1, -0.05) is 11.6 Å². The molecular weight excluding hydrogens is 220 g/mol. The summed E-state index contributed by atoms with van der Waals surface area (Å²) in [5.41, 5.74) is 9.80. The van der Waals surface area contributed by atoms with E-state index >= 15 is 0 Å². The second kappa shape index (κ2) is 4.89. The third-order valence-corrected chi connectivity index (χ3v) is 2.77. The molecule has 2 nitrogen and oxygen atoms in total. The van der Waals surface area contributed by atoms with E-state index in [1.165, 1.54) is 22.0 Å². The molecule has 0 aliphatic heterocycles. The molecule has 1 atom stereocenters. The van der Waals surface area contributed by atoms with E-state index in [2.05, 4.69) is 49.9 Å². The van der Waals surface area contributed by atoms with Crippen LogP contribution in [0.5, 0.6) is 0 Å². The van der Waals surface area contributed by atoms with Crippen LogP contribution < -0.4 is 5.73 Å². The Morgan fingerprint density at radius 2 is 2.06 bits per heavy atom. The topological polar surface area (TPSA) is 30.9 Å². The van der Waals surface area contributed by atoms with E-state index < -0.39 is 0 Å². The largest absolute Gasteiger partial charge is 0.350 e. The monoisotopic (exact) mass is 238 g/mol. The first-order valence-electron chi connectivity index (χ1n) is 5.38. The van der Waals surface area contributed by atoms with Gasteiger partial charge in [-0.25, -0.2) is 0 Å². The van der Waals surface area contributed by atoms with Crippen LogP contribution in [0.1, 0.15) is 18.1 Å². The number of aryl methyl sites for hydroxylation is 2. The van der Waals surface area contributed by atoms with Crippen molar-refractivity contribution in [1.29, 1.82) is 0 Å². The summed E-state index contributed by atoms with van der Waals surface area (Å²) in [7, 11) is 2.09. The predicted octanol–water partition coefficient (Wildman–Crippen LogP) is 2.80. The minimum atomic E-state index is 0. The Labute approximate surface area is 103 Å². The smallest absolute Gasteiger partial charge is 0.0480 e. The van der Waals surface area contributed by atoms with Gasteiger partial charge in [-0.15, -0.1) is 12.4 Å². The van der Waals surface area contributed by atoms with Gasteiger partial charge in [0.2, 0.25) is 0 Å². The molecule has 0 fully saturated rings. The Balaban J connectivity index is 0.00000128. The van der Waals surface area contributed by atoms with Crippen LogP contribution in [-0.4, -0.2) is 10.6 Å². The van der Waals surface area contributed by atoms with Crippen LogP contribution in [0, 0.1) is 6.92 Å². The van der Waals surface area contributed by atoms with Gasteiger partial charge in [-0.05, 0) is 38.0 Å². The molecule has 1 aromatic heterocycles. The molecule has 0 spiro atoms. The van der Waals surface area contributed by atoms with Crippen LogP contribution in [0.25, 0.3) is 10.9 Å². The average Bonchev–Trinajstić information content (AvgIpc) is 2.42. The summed E-state index contributed by atoms with van der Waals surface area (Å²) in [4.78, 5) is 0. The van der Waals surface area contributed by atoms with Gasteiger partial charge in [0.1, 0.15) is 0 Å². The molecule has 0 amide bonds. The highest BCUT2D eigenvalue weighted by Crippen LogP contribution is 2.22. The van der Waals surface area contributed by atoms with Crippen LogP contribution >= 0.6 is 12.4 Å². The number of hydrogen-bond donors (Lipinski definition) is 1. The van der Waals surface area contributed by atoms with Crippen molar-refractivity contribution < 1.29 is 0 Å². The van der Waals surface area contributed by atoms with E-state index in [0.29, 0.717) is 0 Å². The summed E-state index contributed by atoms with van der Waals surface area (Å²) in [5.74, 6) is 0. The molecule has 1 aromatic carbocycles. The van der Waals surface area contributed by atoms with Crippen molar-refractivity contribution in [1.82, 2.24) is 4.57 Å². The van der Waals surface area contributed by atoms with Gasteiger partial charge >= 0.3 is 0 Å². The first-order valence-corrected chi connectivity index (χ1v) is 5.38. The summed E-state index contributed by atoms with van der Waals surface area (Å²) in [6, 6.07) is 6.79. The highest BCUT2D eigenvalue weighted by Gasteiger charge is 2.07. The average molecular weight is 239 g/mol. The van der Waals surface area contributed by atoms with E-state index in [0.717, 1.165) is 6.42 Å². The Bertz CT molecular complexity index is 486. The second-order valence-corrected chi connectivity index (χ2v) is 4.47. The van der Waals surface area contributed by atoms with Crippen molar-refractivity contribution in [3.63, 3.8) is 0 Å². The van der Waals surface area contributed by atoms with Gasteiger partial charge in [0, 0.05) is 30.2 Å². The Morgan fingerprint density at radius 3 is 2.69 bits per heavy atom. The normalized spacial score (nSPS) is 12.5. The summed E-state index contributed by atoms with van der Waals surface area (Å²) >= 11 is 0. The molecule has 0 aliphatic carbocycles. The fourth-order valence-corrected chi connectivity index (χ4v) is 2.10. The van der Waals surface area contributed by atoms with E-state index in [4.69, 9.17) is 5.73 Å². The van der Waals surface area contributed by atoms with Gasteiger partial charge in [-0.3, -0.25) is 0 Å². The maximum absolute atomic E-state index is 5.85. The first kappa shape index (κ1) is 13.1. The summed E-state index contributed by atoms with van der Waals surface area (Å²) in [6.07, 6.45) is 3.13. The van der Waals surface area contributed by atoms with Gasteiger partial charge in [0.15, 0.2) is 0 Å². The molecule has 2 N–H and O–H groups in total. The zero-order valence-electron chi connectivity index (χ0n) is 10.0. The number of fused-ring (bicyclic) bond motifs is 1. The lowest BCUT2D eigenvalue weighted by Crippen LogP contribution is -2.17. The first-order chi connectivity index (χ1) is 7.08.